The third-order valence-corrected chi connectivity index (χ3v) is 3.78. The summed E-state index contributed by atoms with van der Waals surface area (Å²) in [5.41, 5.74) is 4.22. The number of carbonyl (C=O) groups excluding carboxylic acids is 1. The first-order valence-electron chi connectivity index (χ1n) is 7.33. The van der Waals surface area contributed by atoms with Gasteiger partial charge in [-0.3, -0.25) is 4.79 Å². The molecule has 0 spiro atoms. The van der Waals surface area contributed by atoms with Crippen LogP contribution in [0.4, 0.5) is 4.39 Å². The number of aldehydes is 1. The maximum Gasteiger partial charge on any atom is 0.150 e. The van der Waals surface area contributed by atoms with Crippen LogP contribution < -0.4 is 0 Å². The van der Waals surface area contributed by atoms with Crippen molar-refractivity contribution >= 4 is 6.29 Å². The van der Waals surface area contributed by atoms with Crippen LogP contribution >= 0.6 is 0 Å². The van der Waals surface area contributed by atoms with Crippen LogP contribution in [0.25, 0.3) is 11.1 Å². The van der Waals surface area contributed by atoms with E-state index in [1.807, 2.05) is 12.1 Å². The number of halogens is 1. The van der Waals surface area contributed by atoms with Crippen molar-refractivity contribution in [3.05, 3.63) is 58.9 Å². The monoisotopic (exact) mass is 284 g/mol. The Bertz CT molecular complexity index is 657. The SMILES string of the molecule is CC(C)c1ccc(-c2cc(C=O)ccc2F)c(C(C)C)c1. The molecule has 2 rings (SSSR count). The van der Waals surface area contributed by atoms with Gasteiger partial charge in [0.2, 0.25) is 0 Å². The van der Waals surface area contributed by atoms with Crippen LogP contribution in [0.5, 0.6) is 0 Å². The van der Waals surface area contributed by atoms with Crippen LogP contribution in [0.1, 0.15) is 61.0 Å². The van der Waals surface area contributed by atoms with Crippen molar-refractivity contribution < 1.29 is 9.18 Å². The molecule has 0 saturated carbocycles. The Morgan fingerprint density at radius 1 is 0.905 bits per heavy atom. The fourth-order valence-corrected chi connectivity index (χ4v) is 2.49. The van der Waals surface area contributed by atoms with Crippen LogP contribution in [-0.4, -0.2) is 6.29 Å². The zero-order valence-corrected chi connectivity index (χ0v) is 13.0. The molecule has 2 aromatic carbocycles. The Kier molecular flexibility index (Phi) is 4.56. The van der Waals surface area contributed by atoms with Crippen molar-refractivity contribution in [2.24, 2.45) is 0 Å². The average molecular weight is 284 g/mol. The first kappa shape index (κ1) is 15.4. The number of benzene rings is 2. The maximum atomic E-state index is 14.2. The Balaban J connectivity index is 2.65. The standard InChI is InChI=1S/C19H21FO/c1-12(2)15-6-7-16(17(10-15)13(3)4)18-9-14(11-21)5-8-19(18)20/h5-13H,1-4H3. The topological polar surface area (TPSA) is 17.1 Å². The molecule has 0 atom stereocenters. The first-order valence-corrected chi connectivity index (χ1v) is 7.33. The zero-order valence-electron chi connectivity index (χ0n) is 13.0. The highest BCUT2D eigenvalue weighted by molar-refractivity contribution is 5.80. The van der Waals surface area contributed by atoms with E-state index in [0.29, 0.717) is 17.0 Å². The summed E-state index contributed by atoms with van der Waals surface area (Å²) in [5.74, 6) is 0.431. The summed E-state index contributed by atoms with van der Waals surface area (Å²) in [6, 6.07) is 10.6. The molecule has 0 heterocycles. The predicted octanol–water partition coefficient (Wildman–Crippen LogP) is 5.55. The van der Waals surface area contributed by atoms with E-state index in [1.54, 1.807) is 6.07 Å². The minimum atomic E-state index is -0.292. The van der Waals surface area contributed by atoms with Crippen molar-refractivity contribution in [2.45, 2.75) is 39.5 Å². The van der Waals surface area contributed by atoms with Crippen molar-refractivity contribution in [1.29, 1.82) is 0 Å². The molecule has 0 aliphatic heterocycles. The summed E-state index contributed by atoms with van der Waals surface area (Å²) in [6.45, 7) is 8.49. The second kappa shape index (κ2) is 6.21. The van der Waals surface area contributed by atoms with E-state index in [4.69, 9.17) is 0 Å². The minimum Gasteiger partial charge on any atom is -0.298 e. The second-order valence-corrected chi connectivity index (χ2v) is 6.01. The van der Waals surface area contributed by atoms with Crippen LogP contribution in [0.3, 0.4) is 0 Å². The molecule has 2 heteroatoms. The number of rotatable bonds is 4. The van der Waals surface area contributed by atoms with E-state index in [2.05, 4.69) is 33.8 Å². The number of hydrogen-bond acceptors (Lipinski definition) is 1. The highest BCUT2D eigenvalue weighted by Crippen LogP contribution is 2.33. The molecule has 0 N–H and O–H groups in total. The molecule has 2 aromatic rings. The first-order chi connectivity index (χ1) is 9.93. The van der Waals surface area contributed by atoms with Gasteiger partial charge in [0.25, 0.3) is 0 Å². The molecule has 0 unspecified atom stereocenters. The van der Waals surface area contributed by atoms with E-state index in [1.165, 1.54) is 17.7 Å². The van der Waals surface area contributed by atoms with E-state index in [0.717, 1.165) is 17.4 Å². The lowest BCUT2D eigenvalue weighted by molar-refractivity contribution is 0.112. The van der Waals surface area contributed by atoms with Gasteiger partial charge in [0.05, 0.1) is 0 Å². The van der Waals surface area contributed by atoms with Gasteiger partial charge in [-0.25, -0.2) is 4.39 Å². The normalized spacial score (nSPS) is 11.2. The molecule has 0 aliphatic rings. The van der Waals surface area contributed by atoms with Gasteiger partial charge in [-0.05, 0) is 46.7 Å². The van der Waals surface area contributed by atoms with Crippen molar-refractivity contribution in [2.75, 3.05) is 0 Å². The number of hydrogen-bond donors (Lipinski definition) is 0. The van der Waals surface area contributed by atoms with Gasteiger partial charge in [0.15, 0.2) is 0 Å². The second-order valence-electron chi connectivity index (χ2n) is 6.01. The Morgan fingerprint density at radius 3 is 2.19 bits per heavy atom. The fourth-order valence-electron chi connectivity index (χ4n) is 2.49. The minimum absolute atomic E-state index is 0.290. The molecule has 0 bridgehead atoms. The lowest BCUT2D eigenvalue weighted by Gasteiger charge is -2.17. The smallest absolute Gasteiger partial charge is 0.150 e. The van der Waals surface area contributed by atoms with Gasteiger partial charge < -0.3 is 0 Å². The van der Waals surface area contributed by atoms with E-state index in [-0.39, 0.29) is 11.7 Å². The summed E-state index contributed by atoms with van der Waals surface area (Å²) in [7, 11) is 0. The lowest BCUT2D eigenvalue weighted by Crippen LogP contribution is -1.98. The van der Waals surface area contributed by atoms with Crippen LogP contribution in [0.15, 0.2) is 36.4 Å². The third-order valence-electron chi connectivity index (χ3n) is 3.78. The summed E-state index contributed by atoms with van der Waals surface area (Å²) in [4.78, 5) is 10.9. The molecule has 0 fully saturated rings. The van der Waals surface area contributed by atoms with Gasteiger partial charge in [-0.2, -0.15) is 0 Å². The Labute approximate surface area is 125 Å². The molecular weight excluding hydrogens is 263 g/mol. The van der Waals surface area contributed by atoms with Crippen LogP contribution in [0, 0.1) is 5.82 Å². The molecule has 110 valence electrons. The molecule has 21 heavy (non-hydrogen) atoms. The Morgan fingerprint density at radius 2 is 1.62 bits per heavy atom. The van der Waals surface area contributed by atoms with E-state index >= 15 is 0 Å². The number of carbonyl (C=O) groups is 1. The predicted molar refractivity (Wildman–Crippen MR) is 85.4 cm³/mol. The summed E-state index contributed by atoms with van der Waals surface area (Å²) < 4.78 is 14.2. The summed E-state index contributed by atoms with van der Waals surface area (Å²) >= 11 is 0. The van der Waals surface area contributed by atoms with Crippen LogP contribution in [-0.2, 0) is 0 Å². The van der Waals surface area contributed by atoms with E-state index < -0.39 is 0 Å². The van der Waals surface area contributed by atoms with Crippen molar-refractivity contribution in [1.82, 2.24) is 0 Å². The van der Waals surface area contributed by atoms with Gasteiger partial charge in [-0.1, -0.05) is 45.9 Å². The van der Waals surface area contributed by atoms with Gasteiger partial charge >= 0.3 is 0 Å². The molecule has 1 nitrogen and oxygen atoms in total. The zero-order chi connectivity index (χ0) is 15.6. The third kappa shape index (κ3) is 3.21. The highest BCUT2D eigenvalue weighted by atomic mass is 19.1. The molecule has 0 aliphatic carbocycles. The van der Waals surface area contributed by atoms with Gasteiger partial charge in [0.1, 0.15) is 12.1 Å². The molecule has 0 aromatic heterocycles. The van der Waals surface area contributed by atoms with E-state index in [9.17, 15) is 9.18 Å². The molecule has 0 saturated heterocycles. The lowest BCUT2D eigenvalue weighted by atomic mass is 9.88. The van der Waals surface area contributed by atoms with Crippen molar-refractivity contribution in [3.8, 4) is 11.1 Å². The summed E-state index contributed by atoms with van der Waals surface area (Å²) in [5, 5.41) is 0. The van der Waals surface area contributed by atoms with Gasteiger partial charge in [-0.15, -0.1) is 0 Å². The fraction of sp³-hybridized carbons (Fsp3) is 0.316. The van der Waals surface area contributed by atoms with Crippen molar-refractivity contribution in [3.63, 3.8) is 0 Å². The average Bonchev–Trinajstić information content (AvgIpc) is 2.47. The summed E-state index contributed by atoms with van der Waals surface area (Å²) in [6.07, 6.45) is 0.750. The maximum absolute atomic E-state index is 14.2. The molecular formula is C19H21FO. The quantitative estimate of drug-likeness (QED) is 0.672. The van der Waals surface area contributed by atoms with Crippen LogP contribution in [0.2, 0.25) is 0 Å². The van der Waals surface area contributed by atoms with Gasteiger partial charge in [0, 0.05) is 11.1 Å². The molecule has 0 amide bonds. The molecule has 0 radical (unpaired) electrons. The Hall–Kier alpha value is -1.96. The highest BCUT2D eigenvalue weighted by Gasteiger charge is 2.14. The largest absolute Gasteiger partial charge is 0.298 e.